The van der Waals surface area contributed by atoms with Gasteiger partial charge in [0.25, 0.3) is 5.91 Å². The highest BCUT2D eigenvalue weighted by molar-refractivity contribution is 7.20. The number of ether oxygens (including phenoxy) is 1. The summed E-state index contributed by atoms with van der Waals surface area (Å²) in [6.07, 6.45) is -3.16. The minimum absolute atomic E-state index is 0.0530. The number of nitrogens with one attached hydrogen (secondary N) is 1. The molecule has 2 heterocycles. The Kier molecular flexibility index (Phi) is 5.98. The Morgan fingerprint density at radius 2 is 2.15 bits per heavy atom. The van der Waals surface area contributed by atoms with Gasteiger partial charge in [-0.15, -0.1) is 17.9 Å². The Hall–Kier alpha value is -2.46. The monoisotopic (exact) mass is 388 g/mol. The molecule has 0 radical (unpaired) electrons. The fourth-order valence-corrected chi connectivity index (χ4v) is 3.22. The van der Waals surface area contributed by atoms with Gasteiger partial charge in [0.2, 0.25) is 0 Å². The Bertz CT molecular complexity index is 848. The lowest BCUT2D eigenvalue weighted by atomic mass is 10.1. The third kappa shape index (κ3) is 4.38. The average Bonchev–Trinajstić information content (AvgIpc) is 2.89. The summed E-state index contributed by atoms with van der Waals surface area (Å²) in [5, 5.41) is 11.9. The van der Waals surface area contributed by atoms with Crippen molar-refractivity contribution in [2.24, 2.45) is 0 Å². The van der Waals surface area contributed by atoms with Crippen molar-refractivity contribution >= 4 is 33.4 Å². The van der Waals surface area contributed by atoms with Gasteiger partial charge in [-0.05, 0) is 24.6 Å². The molecule has 0 aliphatic heterocycles. The number of thiophene rings is 1. The molecule has 2 N–H and O–H groups in total. The molecule has 0 saturated heterocycles. The topological polar surface area (TPSA) is 88.5 Å². The second-order valence-corrected chi connectivity index (χ2v) is 6.29. The van der Waals surface area contributed by atoms with E-state index in [4.69, 9.17) is 9.84 Å². The van der Waals surface area contributed by atoms with E-state index in [1.54, 1.807) is 6.92 Å². The summed E-state index contributed by atoms with van der Waals surface area (Å²) in [5.41, 5.74) is -0.626. The standard InChI is InChI=1S/C16H15F3N2O4S/c1-3-6-25-7-10(15(23)24)20-13(22)12-8(2)9-4-5-11(16(17,18)19)21-14(9)26-12/h3-5,10H,1,6-7H2,2H3,(H,20,22)(H,23,24). The van der Waals surface area contributed by atoms with Gasteiger partial charge in [-0.2, -0.15) is 13.2 Å². The number of carboxylic acid groups (broad SMARTS) is 1. The van der Waals surface area contributed by atoms with E-state index < -0.39 is 29.8 Å². The van der Waals surface area contributed by atoms with Gasteiger partial charge in [-0.25, -0.2) is 9.78 Å². The van der Waals surface area contributed by atoms with E-state index >= 15 is 0 Å². The third-order valence-electron chi connectivity index (χ3n) is 3.42. The average molecular weight is 388 g/mol. The molecule has 0 aliphatic carbocycles. The van der Waals surface area contributed by atoms with Crippen LogP contribution >= 0.6 is 11.3 Å². The van der Waals surface area contributed by atoms with Gasteiger partial charge in [-0.1, -0.05) is 6.08 Å². The third-order valence-corrected chi connectivity index (χ3v) is 4.62. The zero-order valence-corrected chi connectivity index (χ0v) is 14.4. The lowest BCUT2D eigenvalue weighted by Gasteiger charge is -2.14. The number of nitrogens with zero attached hydrogens (tertiary/aromatic N) is 1. The fraction of sp³-hybridized carbons (Fsp3) is 0.312. The number of halogens is 3. The van der Waals surface area contributed by atoms with Crippen LogP contribution in [0.25, 0.3) is 10.2 Å². The van der Waals surface area contributed by atoms with E-state index in [9.17, 15) is 22.8 Å². The van der Waals surface area contributed by atoms with Crippen LogP contribution in [0.5, 0.6) is 0 Å². The molecular weight excluding hydrogens is 373 g/mol. The zero-order valence-electron chi connectivity index (χ0n) is 13.6. The molecule has 140 valence electrons. The Labute approximate surface area is 150 Å². The maximum absolute atomic E-state index is 12.8. The number of aliphatic carboxylic acids is 1. The highest BCUT2D eigenvalue weighted by Crippen LogP contribution is 2.34. The zero-order chi connectivity index (χ0) is 19.5. The van der Waals surface area contributed by atoms with Crippen LogP contribution in [0.1, 0.15) is 20.9 Å². The number of aromatic nitrogens is 1. The van der Waals surface area contributed by atoms with Gasteiger partial charge in [0.15, 0.2) is 6.04 Å². The van der Waals surface area contributed by atoms with Crippen LogP contribution in [-0.4, -0.2) is 41.2 Å². The highest BCUT2D eigenvalue weighted by atomic mass is 32.1. The van der Waals surface area contributed by atoms with Gasteiger partial charge in [0.1, 0.15) is 10.5 Å². The number of pyridine rings is 1. The summed E-state index contributed by atoms with van der Waals surface area (Å²) in [6.45, 7) is 4.83. The number of carboxylic acids is 1. The van der Waals surface area contributed by atoms with Crippen molar-refractivity contribution in [1.29, 1.82) is 0 Å². The van der Waals surface area contributed by atoms with E-state index in [0.717, 1.165) is 17.4 Å². The smallest absolute Gasteiger partial charge is 0.433 e. The molecule has 1 unspecified atom stereocenters. The predicted octanol–water partition coefficient (Wildman–Crippen LogP) is 3.01. The van der Waals surface area contributed by atoms with Crippen molar-refractivity contribution in [2.45, 2.75) is 19.1 Å². The number of alkyl halides is 3. The van der Waals surface area contributed by atoms with Gasteiger partial charge < -0.3 is 15.2 Å². The Morgan fingerprint density at radius 3 is 2.73 bits per heavy atom. The van der Waals surface area contributed by atoms with Crippen LogP contribution in [0.2, 0.25) is 0 Å². The van der Waals surface area contributed by atoms with Crippen LogP contribution in [0.15, 0.2) is 24.8 Å². The van der Waals surface area contributed by atoms with Crippen molar-refractivity contribution < 1.29 is 32.6 Å². The van der Waals surface area contributed by atoms with Crippen molar-refractivity contribution in [2.75, 3.05) is 13.2 Å². The first kappa shape index (κ1) is 19.9. The summed E-state index contributed by atoms with van der Waals surface area (Å²) >= 11 is 0.771. The first-order valence-electron chi connectivity index (χ1n) is 7.34. The van der Waals surface area contributed by atoms with Gasteiger partial charge in [0, 0.05) is 5.39 Å². The number of amides is 1. The SMILES string of the molecule is C=CCOCC(NC(=O)c1sc2nc(C(F)(F)F)ccc2c1C)C(=O)O. The van der Waals surface area contributed by atoms with Crippen molar-refractivity contribution in [3.05, 3.63) is 40.9 Å². The van der Waals surface area contributed by atoms with Crippen LogP contribution in [0.3, 0.4) is 0 Å². The van der Waals surface area contributed by atoms with Crippen molar-refractivity contribution in [1.82, 2.24) is 10.3 Å². The number of carbonyl (C=O) groups is 2. The number of fused-ring (bicyclic) bond motifs is 1. The molecule has 26 heavy (non-hydrogen) atoms. The van der Waals surface area contributed by atoms with Gasteiger partial charge in [-0.3, -0.25) is 4.79 Å². The van der Waals surface area contributed by atoms with E-state index in [1.807, 2.05) is 0 Å². The number of rotatable bonds is 7. The molecule has 6 nitrogen and oxygen atoms in total. The molecule has 1 amide bonds. The molecule has 0 saturated carbocycles. The maximum atomic E-state index is 12.8. The molecule has 0 spiro atoms. The fourth-order valence-electron chi connectivity index (χ4n) is 2.14. The molecule has 1 atom stereocenters. The molecule has 2 aromatic heterocycles. The van der Waals surface area contributed by atoms with E-state index in [0.29, 0.717) is 10.9 Å². The van der Waals surface area contributed by atoms with E-state index in [1.165, 1.54) is 12.1 Å². The lowest BCUT2D eigenvalue weighted by molar-refractivity contribution is -0.141. The molecular formula is C16H15F3N2O4S. The molecule has 0 bridgehead atoms. The van der Waals surface area contributed by atoms with E-state index in [2.05, 4.69) is 16.9 Å². The summed E-state index contributed by atoms with van der Waals surface area (Å²) < 4.78 is 43.3. The molecule has 0 fully saturated rings. The first-order chi connectivity index (χ1) is 12.1. The van der Waals surface area contributed by atoms with Gasteiger partial charge in [0.05, 0.1) is 18.1 Å². The van der Waals surface area contributed by atoms with Crippen LogP contribution in [-0.2, 0) is 15.7 Å². The highest BCUT2D eigenvalue weighted by Gasteiger charge is 2.33. The molecule has 2 rings (SSSR count). The number of hydrogen-bond donors (Lipinski definition) is 2. The molecule has 2 aromatic rings. The number of aryl methyl sites for hydroxylation is 1. The molecule has 0 aromatic carbocycles. The maximum Gasteiger partial charge on any atom is 0.433 e. The normalized spacial score (nSPS) is 12.8. The second kappa shape index (κ2) is 7.83. The predicted molar refractivity (Wildman–Crippen MR) is 89.3 cm³/mol. The summed E-state index contributed by atoms with van der Waals surface area (Å²) in [4.78, 5) is 27.3. The lowest BCUT2D eigenvalue weighted by Crippen LogP contribution is -2.44. The van der Waals surface area contributed by atoms with Crippen LogP contribution in [0, 0.1) is 6.92 Å². The molecule has 0 aliphatic rings. The summed E-state index contributed by atoms with van der Waals surface area (Å²) in [6, 6.07) is 0.786. The van der Waals surface area contributed by atoms with Crippen molar-refractivity contribution in [3.63, 3.8) is 0 Å². The minimum atomic E-state index is -4.59. The number of hydrogen-bond acceptors (Lipinski definition) is 5. The van der Waals surface area contributed by atoms with E-state index in [-0.39, 0.29) is 22.9 Å². The van der Waals surface area contributed by atoms with Crippen LogP contribution in [0.4, 0.5) is 13.2 Å². The Balaban J connectivity index is 2.27. The second-order valence-electron chi connectivity index (χ2n) is 5.29. The Morgan fingerprint density at radius 1 is 1.46 bits per heavy atom. The largest absolute Gasteiger partial charge is 0.480 e. The number of carbonyl (C=O) groups excluding carboxylic acids is 1. The summed E-state index contributed by atoms with van der Waals surface area (Å²) in [7, 11) is 0. The first-order valence-corrected chi connectivity index (χ1v) is 8.16. The molecule has 10 heteroatoms. The summed E-state index contributed by atoms with van der Waals surface area (Å²) in [5.74, 6) is -2.01. The van der Waals surface area contributed by atoms with Crippen LogP contribution < -0.4 is 5.32 Å². The minimum Gasteiger partial charge on any atom is -0.480 e. The quantitative estimate of drug-likeness (QED) is 0.562. The van der Waals surface area contributed by atoms with Gasteiger partial charge >= 0.3 is 12.1 Å². The van der Waals surface area contributed by atoms with Crippen molar-refractivity contribution in [3.8, 4) is 0 Å².